The summed E-state index contributed by atoms with van der Waals surface area (Å²) in [6.45, 7) is 0.659. The average Bonchev–Trinajstić information content (AvgIpc) is 3.54. The summed E-state index contributed by atoms with van der Waals surface area (Å²) in [6.07, 6.45) is 8.39. The number of aromatic nitrogens is 2. The summed E-state index contributed by atoms with van der Waals surface area (Å²) in [4.78, 5) is 29.5. The quantitative estimate of drug-likeness (QED) is 0.494. The van der Waals surface area contributed by atoms with Gasteiger partial charge in [-0.25, -0.2) is 9.78 Å². The van der Waals surface area contributed by atoms with Crippen LogP contribution >= 0.6 is 22.7 Å². The van der Waals surface area contributed by atoms with E-state index in [0.29, 0.717) is 30.1 Å². The minimum Gasteiger partial charge on any atom is -0.449 e. The molecule has 1 aliphatic carbocycles. The molecule has 0 aliphatic heterocycles. The Bertz CT molecular complexity index is 1200. The molecule has 10 heteroatoms. The highest BCUT2D eigenvalue weighted by Gasteiger charge is 2.27. The van der Waals surface area contributed by atoms with Gasteiger partial charge >= 0.3 is 6.09 Å². The molecule has 3 heterocycles. The highest BCUT2D eigenvalue weighted by molar-refractivity contribution is 7.16. The van der Waals surface area contributed by atoms with Crippen LogP contribution in [0.1, 0.15) is 33.7 Å². The van der Waals surface area contributed by atoms with Gasteiger partial charge in [0.15, 0.2) is 0 Å². The fraction of sp³-hybridized carbons (Fsp3) is 0.304. The van der Waals surface area contributed by atoms with Gasteiger partial charge in [0.25, 0.3) is 0 Å². The van der Waals surface area contributed by atoms with Gasteiger partial charge < -0.3 is 19.9 Å². The number of anilines is 1. The molecule has 0 bridgehead atoms. The van der Waals surface area contributed by atoms with Gasteiger partial charge in [-0.2, -0.15) is 16.6 Å². The molecular formula is C23H23N5O3S2. The standard InChI is InChI=1S/C23H23N5O3S2/c1-28-14-25-10-17(28)11-26-23(30)31-12-16-2-4-18-19(9-24)22(33-20(18)8-16)27-21(29)5-3-15-6-7-32-13-15/h3,5-7,10,13-14,16H,2,4,8,11-12H2,1H3,(H,26,30)(H,27,29)/b5-3+. The lowest BCUT2D eigenvalue weighted by molar-refractivity contribution is -0.111. The molecule has 0 aromatic carbocycles. The largest absolute Gasteiger partial charge is 0.449 e. The number of aryl methyl sites for hydroxylation is 1. The summed E-state index contributed by atoms with van der Waals surface area (Å²) >= 11 is 3.00. The Kier molecular flexibility index (Phi) is 7.22. The third-order valence-corrected chi connectivity index (χ3v) is 7.34. The van der Waals surface area contributed by atoms with E-state index in [-0.39, 0.29) is 11.8 Å². The molecule has 1 atom stereocenters. The fourth-order valence-corrected chi connectivity index (χ4v) is 5.60. The molecular weight excluding hydrogens is 458 g/mol. The highest BCUT2D eigenvalue weighted by Crippen LogP contribution is 2.39. The van der Waals surface area contributed by atoms with Gasteiger partial charge in [-0.15, -0.1) is 11.3 Å². The van der Waals surface area contributed by atoms with Crippen LogP contribution in [0.25, 0.3) is 6.08 Å². The predicted molar refractivity (Wildman–Crippen MR) is 128 cm³/mol. The molecule has 0 saturated carbocycles. The van der Waals surface area contributed by atoms with Crippen molar-refractivity contribution in [2.45, 2.75) is 25.8 Å². The lowest BCUT2D eigenvalue weighted by Gasteiger charge is -2.21. The van der Waals surface area contributed by atoms with Crippen molar-refractivity contribution in [1.82, 2.24) is 14.9 Å². The van der Waals surface area contributed by atoms with E-state index in [1.165, 1.54) is 17.4 Å². The van der Waals surface area contributed by atoms with Crippen LogP contribution in [-0.4, -0.2) is 28.2 Å². The van der Waals surface area contributed by atoms with Crippen molar-refractivity contribution in [3.8, 4) is 6.07 Å². The third-order valence-electron chi connectivity index (χ3n) is 5.47. The molecule has 0 fully saturated rings. The molecule has 3 aromatic rings. The van der Waals surface area contributed by atoms with Gasteiger partial charge in [0.05, 0.1) is 30.7 Å². The molecule has 1 aliphatic rings. The number of alkyl carbamates (subject to hydrolysis) is 1. The van der Waals surface area contributed by atoms with Gasteiger partial charge in [-0.05, 0) is 59.2 Å². The van der Waals surface area contributed by atoms with Crippen LogP contribution < -0.4 is 10.6 Å². The van der Waals surface area contributed by atoms with Crippen LogP contribution in [0, 0.1) is 17.2 Å². The molecule has 170 valence electrons. The Morgan fingerprint density at radius 3 is 3.06 bits per heavy atom. The molecule has 0 saturated heterocycles. The molecule has 0 spiro atoms. The first-order chi connectivity index (χ1) is 16.0. The zero-order valence-corrected chi connectivity index (χ0v) is 19.7. The average molecular weight is 482 g/mol. The van der Waals surface area contributed by atoms with Crippen molar-refractivity contribution in [3.05, 3.63) is 62.7 Å². The van der Waals surface area contributed by atoms with Gasteiger partial charge in [0.1, 0.15) is 11.1 Å². The van der Waals surface area contributed by atoms with E-state index in [0.717, 1.165) is 34.5 Å². The van der Waals surface area contributed by atoms with Crippen molar-refractivity contribution in [1.29, 1.82) is 5.26 Å². The van der Waals surface area contributed by atoms with Crippen molar-refractivity contribution < 1.29 is 14.3 Å². The fourth-order valence-electron chi connectivity index (χ4n) is 3.66. The maximum Gasteiger partial charge on any atom is 0.407 e. The van der Waals surface area contributed by atoms with Crippen LogP contribution in [0.4, 0.5) is 9.80 Å². The number of nitriles is 1. The second-order valence-electron chi connectivity index (χ2n) is 7.76. The number of thiophene rings is 2. The molecule has 4 rings (SSSR count). The first-order valence-electron chi connectivity index (χ1n) is 10.4. The van der Waals surface area contributed by atoms with E-state index in [9.17, 15) is 14.9 Å². The van der Waals surface area contributed by atoms with E-state index >= 15 is 0 Å². The number of hydrogen-bond acceptors (Lipinski definition) is 7. The number of hydrogen-bond donors (Lipinski definition) is 2. The summed E-state index contributed by atoms with van der Waals surface area (Å²) in [5.41, 5.74) is 3.39. The maximum atomic E-state index is 12.3. The lowest BCUT2D eigenvalue weighted by Crippen LogP contribution is -2.28. The molecule has 33 heavy (non-hydrogen) atoms. The highest BCUT2D eigenvalue weighted by atomic mass is 32.1. The number of amides is 2. The number of fused-ring (bicyclic) bond motifs is 1. The Hall–Kier alpha value is -3.42. The monoisotopic (exact) mass is 481 g/mol. The third kappa shape index (κ3) is 5.69. The summed E-state index contributed by atoms with van der Waals surface area (Å²) in [6, 6.07) is 4.18. The van der Waals surface area contributed by atoms with Gasteiger partial charge in [0, 0.05) is 24.2 Å². The summed E-state index contributed by atoms with van der Waals surface area (Å²) < 4.78 is 7.25. The minimum absolute atomic E-state index is 0.173. The maximum absolute atomic E-state index is 12.3. The van der Waals surface area contributed by atoms with Crippen molar-refractivity contribution in [2.24, 2.45) is 13.0 Å². The normalized spacial score (nSPS) is 15.1. The molecule has 2 amide bonds. The zero-order valence-electron chi connectivity index (χ0n) is 18.0. The van der Waals surface area contributed by atoms with Gasteiger partial charge in [-0.3, -0.25) is 4.79 Å². The second kappa shape index (κ2) is 10.5. The molecule has 1 unspecified atom stereocenters. The zero-order chi connectivity index (χ0) is 23.2. The molecule has 3 aromatic heterocycles. The number of ether oxygens (including phenoxy) is 1. The van der Waals surface area contributed by atoms with Crippen LogP contribution in [0.2, 0.25) is 0 Å². The van der Waals surface area contributed by atoms with E-state index in [1.807, 2.05) is 28.4 Å². The van der Waals surface area contributed by atoms with E-state index < -0.39 is 6.09 Å². The van der Waals surface area contributed by atoms with E-state index in [4.69, 9.17) is 4.74 Å². The number of nitrogens with zero attached hydrogens (tertiary/aromatic N) is 3. The van der Waals surface area contributed by atoms with E-state index in [2.05, 4.69) is 21.7 Å². The smallest absolute Gasteiger partial charge is 0.407 e. The second-order valence-corrected chi connectivity index (χ2v) is 9.64. The molecule has 2 N–H and O–H groups in total. The van der Waals surface area contributed by atoms with Crippen molar-refractivity contribution >= 4 is 45.8 Å². The number of carbonyl (C=O) groups excluding carboxylic acids is 2. The number of rotatable bonds is 7. The summed E-state index contributed by atoms with van der Waals surface area (Å²) in [5.74, 6) is -0.0894. The summed E-state index contributed by atoms with van der Waals surface area (Å²) in [5, 5.41) is 19.7. The first-order valence-corrected chi connectivity index (χ1v) is 12.2. The number of carbonyl (C=O) groups is 2. The minimum atomic E-state index is -0.462. The topological polar surface area (TPSA) is 109 Å². The van der Waals surface area contributed by atoms with Gasteiger partial charge in [-0.1, -0.05) is 0 Å². The lowest BCUT2D eigenvalue weighted by atomic mass is 9.88. The van der Waals surface area contributed by atoms with E-state index in [1.54, 1.807) is 29.9 Å². The first kappa shape index (κ1) is 22.8. The van der Waals surface area contributed by atoms with Crippen LogP contribution in [0.3, 0.4) is 0 Å². The number of imidazole rings is 1. The predicted octanol–water partition coefficient (Wildman–Crippen LogP) is 4.10. The van der Waals surface area contributed by atoms with Crippen LogP contribution in [0.15, 0.2) is 35.4 Å². The molecule has 0 radical (unpaired) electrons. The van der Waals surface area contributed by atoms with Crippen molar-refractivity contribution in [3.63, 3.8) is 0 Å². The van der Waals surface area contributed by atoms with Crippen LogP contribution in [-0.2, 0) is 36.0 Å². The Labute approximate surface area is 199 Å². The summed E-state index contributed by atoms with van der Waals surface area (Å²) in [7, 11) is 1.86. The Balaban J connectivity index is 1.31. The van der Waals surface area contributed by atoms with Crippen LogP contribution in [0.5, 0.6) is 0 Å². The van der Waals surface area contributed by atoms with Gasteiger partial charge in [0.2, 0.25) is 5.91 Å². The Morgan fingerprint density at radius 2 is 2.33 bits per heavy atom. The van der Waals surface area contributed by atoms with Crippen molar-refractivity contribution in [2.75, 3.05) is 11.9 Å². The SMILES string of the molecule is Cn1cncc1CNC(=O)OCC1CCc2c(sc(NC(=O)/C=C/c3ccsc3)c2C#N)C1. The molecule has 8 nitrogen and oxygen atoms in total. The Morgan fingerprint density at radius 1 is 1.45 bits per heavy atom. The number of nitrogens with one attached hydrogen (secondary N) is 2.